The predicted molar refractivity (Wildman–Crippen MR) is 97.6 cm³/mol. The highest BCUT2D eigenvalue weighted by Crippen LogP contribution is 2.26. The molecule has 2 amide bonds. The number of amides is 2. The molecule has 0 aliphatic carbocycles. The molecule has 2 atom stereocenters. The first-order chi connectivity index (χ1) is 12.9. The Labute approximate surface area is 157 Å². The van der Waals surface area contributed by atoms with E-state index >= 15 is 0 Å². The number of hydrogen-bond donors (Lipinski definition) is 1. The fraction of sp³-hybridized carbons (Fsp3) is 0.350. The molecule has 2 heterocycles. The van der Waals surface area contributed by atoms with Crippen molar-refractivity contribution >= 4 is 11.8 Å². The quantitative estimate of drug-likeness (QED) is 0.874. The van der Waals surface area contributed by atoms with E-state index in [0.717, 1.165) is 5.56 Å². The van der Waals surface area contributed by atoms with Gasteiger partial charge in [-0.1, -0.05) is 0 Å². The van der Waals surface area contributed by atoms with Gasteiger partial charge in [0.15, 0.2) is 0 Å². The molecule has 7 heteroatoms. The lowest BCUT2D eigenvalue weighted by atomic mass is 9.90. The number of carbonyl (C=O) groups is 2. The van der Waals surface area contributed by atoms with Crippen molar-refractivity contribution in [1.82, 2.24) is 9.88 Å². The average molecular weight is 371 g/mol. The number of carbonyl (C=O) groups excluding carboxylic acids is 2. The molecule has 0 bridgehead atoms. The second-order valence-corrected chi connectivity index (χ2v) is 6.83. The van der Waals surface area contributed by atoms with Gasteiger partial charge in [0, 0.05) is 44.2 Å². The second-order valence-electron chi connectivity index (χ2n) is 6.83. The third-order valence-electron chi connectivity index (χ3n) is 4.64. The monoisotopic (exact) mass is 371 g/mol. The van der Waals surface area contributed by atoms with E-state index in [4.69, 9.17) is 10.5 Å². The van der Waals surface area contributed by atoms with E-state index in [9.17, 15) is 14.0 Å². The van der Waals surface area contributed by atoms with E-state index in [0.29, 0.717) is 30.8 Å². The zero-order chi connectivity index (χ0) is 19.4. The van der Waals surface area contributed by atoms with Crippen LogP contribution in [0.2, 0.25) is 0 Å². The first kappa shape index (κ1) is 18.8. The molecular weight excluding hydrogens is 349 g/mol. The molecule has 0 saturated carbocycles. The topological polar surface area (TPSA) is 85.5 Å². The van der Waals surface area contributed by atoms with Crippen molar-refractivity contribution in [3.05, 3.63) is 59.7 Å². The minimum absolute atomic E-state index is 0.113. The normalized spacial score (nSPS) is 19.6. The van der Waals surface area contributed by atoms with E-state index in [1.807, 2.05) is 6.92 Å². The molecule has 2 N–H and O–H groups in total. The van der Waals surface area contributed by atoms with Gasteiger partial charge in [0.1, 0.15) is 17.7 Å². The number of rotatable bonds is 5. The zero-order valence-electron chi connectivity index (χ0n) is 15.1. The van der Waals surface area contributed by atoms with Crippen LogP contribution >= 0.6 is 0 Å². The third kappa shape index (κ3) is 4.81. The number of ether oxygens (including phenoxy) is 1. The number of primary amides is 1. The Hall–Kier alpha value is -2.96. The molecule has 1 aliphatic rings. The van der Waals surface area contributed by atoms with Gasteiger partial charge in [0.2, 0.25) is 5.91 Å². The van der Waals surface area contributed by atoms with Gasteiger partial charge >= 0.3 is 0 Å². The van der Waals surface area contributed by atoms with Crippen LogP contribution in [0.15, 0.2) is 42.7 Å². The summed E-state index contributed by atoms with van der Waals surface area (Å²) in [7, 11) is 0. The molecule has 27 heavy (non-hydrogen) atoms. The van der Waals surface area contributed by atoms with Crippen molar-refractivity contribution < 1.29 is 18.7 Å². The maximum atomic E-state index is 13.1. The fourth-order valence-electron chi connectivity index (χ4n) is 3.35. The Balaban J connectivity index is 1.72. The summed E-state index contributed by atoms with van der Waals surface area (Å²) in [5.41, 5.74) is 6.82. The summed E-state index contributed by atoms with van der Waals surface area (Å²) in [6.45, 7) is 2.73. The highest BCUT2D eigenvalue weighted by Gasteiger charge is 2.34. The molecule has 3 rings (SSSR count). The van der Waals surface area contributed by atoms with E-state index < -0.39 is 5.91 Å². The highest BCUT2D eigenvalue weighted by atomic mass is 19.1. The van der Waals surface area contributed by atoms with E-state index in [-0.39, 0.29) is 30.2 Å². The minimum Gasteiger partial charge on any atom is -0.490 e. The van der Waals surface area contributed by atoms with Crippen LogP contribution < -0.4 is 10.5 Å². The standard InChI is InChI=1S/C20H22FN3O3/c1-13-8-14(11-23-10-13)20(26)24-7-6-18(15(12-24)9-19(22)25)27-17-4-2-16(21)3-5-17/h2-5,8,10-11,15,18H,6-7,9,12H2,1H3,(H2,22,25)/t15-,18-/m0/s1. The van der Waals surface area contributed by atoms with Crippen molar-refractivity contribution in [2.24, 2.45) is 11.7 Å². The van der Waals surface area contributed by atoms with Crippen LogP contribution in [0.5, 0.6) is 5.75 Å². The van der Waals surface area contributed by atoms with E-state index in [2.05, 4.69) is 4.98 Å². The largest absolute Gasteiger partial charge is 0.490 e. The summed E-state index contributed by atoms with van der Waals surface area (Å²) in [5, 5.41) is 0. The zero-order valence-corrected chi connectivity index (χ0v) is 15.1. The number of likely N-dealkylation sites (tertiary alicyclic amines) is 1. The van der Waals surface area contributed by atoms with Crippen molar-refractivity contribution in [3.63, 3.8) is 0 Å². The first-order valence-corrected chi connectivity index (χ1v) is 8.84. The molecule has 0 unspecified atom stereocenters. The number of aryl methyl sites for hydroxylation is 1. The number of benzene rings is 1. The van der Waals surface area contributed by atoms with Crippen molar-refractivity contribution in [2.75, 3.05) is 13.1 Å². The molecule has 1 aromatic heterocycles. The summed E-state index contributed by atoms with van der Waals surface area (Å²) in [6, 6.07) is 7.53. The van der Waals surface area contributed by atoms with Gasteiger partial charge < -0.3 is 15.4 Å². The van der Waals surface area contributed by atoms with Gasteiger partial charge in [-0.25, -0.2) is 4.39 Å². The smallest absolute Gasteiger partial charge is 0.255 e. The fourth-order valence-corrected chi connectivity index (χ4v) is 3.35. The minimum atomic E-state index is -0.445. The van der Waals surface area contributed by atoms with Gasteiger partial charge in [0.05, 0.1) is 5.56 Å². The molecule has 1 fully saturated rings. The Morgan fingerprint density at radius 2 is 2.04 bits per heavy atom. The number of pyridine rings is 1. The lowest BCUT2D eigenvalue weighted by Crippen LogP contribution is -2.49. The molecule has 1 aliphatic heterocycles. The van der Waals surface area contributed by atoms with Crippen LogP contribution in [0, 0.1) is 18.7 Å². The predicted octanol–water partition coefficient (Wildman–Crippen LogP) is 2.31. The Morgan fingerprint density at radius 1 is 1.30 bits per heavy atom. The van der Waals surface area contributed by atoms with E-state index in [1.165, 1.54) is 12.1 Å². The number of halogens is 1. The van der Waals surface area contributed by atoms with Crippen molar-refractivity contribution in [3.8, 4) is 5.75 Å². The Kier molecular flexibility index (Phi) is 5.69. The van der Waals surface area contributed by atoms with Crippen molar-refractivity contribution in [2.45, 2.75) is 25.9 Å². The van der Waals surface area contributed by atoms with Gasteiger partial charge in [0.25, 0.3) is 5.91 Å². The summed E-state index contributed by atoms with van der Waals surface area (Å²) in [6.07, 6.45) is 3.62. The molecule has 0 radical (unpaired) electrons. The third-order valence-corrected chi connectivity index (χ3v) is 4.64. The lowest BCUT2D eigenvalue weighted by molar-refractivity contribution is -0.120. The summed E-state index contributed by atoms with van der Waals surface area (Å²) < 4.78 is 19.0. The average Bonchev–Trinajstić information content (AvgIpc) is 2.64. The van der Waals surface area contributed by atoms with Crippen LogP contribution in [0.1, 0.15) is 28.8 Å². The maximum Gasteiger partial charge on any atom is 0.255 e. The number of hydrogen-bond acceptors (Lipinski definition) is 4. The van der Waals surface area contributed by atoms with Gasteiger partial charge in [-0.3, -0.25) is 14.6 Å². The van der Waals surface area contributed by atoms with Crippen LogP contribution in [-0.2, 0) is 4.79 Å². The molecule has 1 aromatic carbocycles. The maximum absolute atomic E-state index is 13.1. The van der Waals surface area contributed by atoms with Gasteiger partial charge in [-0.2, -0.15) is 0 Å². The molecule has 6 nitrogen and oxygen atoms in total. The highest BCUT2D eigenvalue weighted by molar-refractivity contribution is 5.94. The van der Waals surface area contributed by atoms with Crippen LogP contribution in [0.4, 0.5) is 4.39 Å². The number of aromatic nitrogens is 1. The molecular formula is C20H22FN3O3. The molecule has 0 spiro atoms. The van der Waals surface area contributed by atoms with Crippen LogP contribution in [-0.4, -0.2) is 40.9 Å². The number of nitrogens with two attached hydrogens (primary N) is 1. The molecule has 142 valence electrons. The van der Waals surface area contributed by atoms with Crippen LogP contribution in [0.3, 0.4) is 0 Å². The SMILES string of the molecule is Cc1cncc(C(=O)N2CC[C@H](Oc3ccc(F)cc3)[C@@H](CC(N)=O)C2)c1. The summed E-state index contributed by atoms with van der Waals surface area (Å²) >= 11 is 0. The molecule has 1 saturated heterocycles. The lowest BCUT2D eigenvalue weighted by Gasteiger charge is -2.38. The van der Waals surface area contributed by atoms with Crippen LogP contribution in [0.25, 0.3) is 0 Å². The molecule has 2 aromatic rings. The first-order valence-electron chi connectivity index (χ1n) is 8.84. The summed E-state index contributed by atoms with van der Waals surface area (Å²) in [4.78, 5) is 30.0. The number of nitrogens with zero attached hydrogens (tertiary/aromatic N) is 2. The summed E-state index contributed by atoms with van der Waals surface area (Å²) in [5.74, 6) is -0.620. The Morgan fingerprint density at radius 3 is 2.70 bits per heavy atom. The van der Waals surface area contributed by atoms with Gasteiger partial charge in [-0.15, -0.1) is 0 Å². The number of piperidine rings is 1. The second kappa shape index (κ2) is 8.16. The van der Waals surface area contributed by atoms with Crippen molar-refractivity contribution in [1.29, 1.82) is 0 Å². The van der Waals surface area contributed by atoms with Gasteiger partial charge in [-0.05, 0) is 42.8 Å². The van der Waals surface area contributed by atoms with E-state index in [1.54, 1.807) is 35.5 Å². The Bertz CT molecular complexity index is 825.